The van der Waals surface area contributed by atoms with Gasteiger partial charge >= 0.3 is 0 Å². The molecular weight excluding hydrogens is 447 g/mol. The smallest absolute Gasteiger partial charge is 0.257 e. The zero-order chi connectivity index (χ0) is 22.2. The number of carbonyl (C=O) groups is 1. The zero-order valence-corrected chi connectivity index (χ0v) is 19.2. The fourth-order valence-corrected chi connectivity index (χ4v) is 5.54. The Hall–Kier alpha value is -0.990. The fraction of sp³-hybridized carbons (Fsp3) is 0.682. The number of likely N-dealkylation sites (tertiary alicyclic amines) is 1. The van der Waals surface area contributed by atoms with Crippen LogP contribution < -0.4 is 0 Å². The van der Waals surface area contributed by atoms with Gasteiger partial charge in [0.1, 0.15) is 0 Å². The van der Waals surface area contributed by atoms with Crippen LogP contribution in [0.15, 0.2) is 18.2 Å². The Morgan fingerprint density at radius 2 is 1.81 bits per heavy atom. The van der Waals surface area contributed by atoms with Gasteiger partial charge in [0.05, 0.1) is 54.4 Å². The molecule has 31 heavy (non-hydrogen) atoms. The lowest BCUT2D eigenvalue weighted by atomic mass is 9.90. The van der Waals surface area contributed by atoms with Crippen molar-refractivity contribution in [3.05, 3.63) is 33.8 Å². The molecule has 0 spiro atoms. The maximum absolute atomic E-state index is 13.9. The van der Waals surface area contributed by atoms with Gasteiger partial charge in [0.25, 0.3) is 5.92 Å². The Kier molecular flexibility index (Phi) is 7.08. The maximum Gasteiger partial charge on any atom is 0.257 e. The summed E-state index contributed by atoms with van der Waals surface area (Å²) in [5, 5.41) is 0.867. The lowest BCUT2D eigenvalue weighted by Crippen LogP contribution is -2.72. The van der Waals surface area contributed by atoms with Gasteiger partial charge in [-0.25, -0.2) is 8.78 Å². The Morgan fingerprint density at radius 3 is 2.48 bits per heavy atom. The van der Waals surface area contributed by atoms with Gasteiger partial charge in [-0.1, -0.05) is 29.3 Å². The number of amides is 1. The van der Waals surface area contributed by atoms with Crippen LogP contribution in [0.4, 0.5) is 8.78 Å². The van der Waals surface area contributed by atoms with E-state index in [4.69, 9.17) is 27.9 Å². The molecule has 9 heteroatoms. The van der Waals surface area contributed by atoms with E-state index in [2.05, 4.69) is 4.90 Å². The van der Waals surface area contributed by atoms with Crippen LogP contribution in [0.2, 0.25) is 10.0 Å². The molecule has 5 nitrogen and oxygen atoms in total. The van der Waals surface area contributed by atoms with Gasteiger partial charge in [0.2, 0.25) is 5.91 Å². The fourth-order valence-electron chi connectivity index (χ4n) is 5.22. The van der Waals surface area contributed by atoms with Gasteiger partial charge in [0.15, 0.2) is 0 Å². The molecule has 0 N–H and O–H groups in total. The highest BCUT2D eigenvalue weighted by Gasteiger charge is 2.49. The van der Waals surface area contributed by atoms with Crippen LogP contribution in [0, 0.1) is 0 Å². The molecule has 3 atom stereocenters. The van der Waals surface area contributed by atoms with E-state index < -0.39 is 5.92 Å². The number of fused-ring (bicyclic) bond motifs is 1. The molecule has 3 aliphatic rings. The van der Waals surface area contributed by atoms with Crippen LogP contribution in [0.25, 0.3) is 0 Å². The molecule has 0 aromatic heterocycles. The molecule has 4 rings (SSSR count). The zero-order valence-electron chi connectivity index (χ0n) is 17.7. The van der Waals surface area contributed by atoms with Crippen molar-refractivity contribution in [3.63, 3.8) is 0 Å². The van der Waals surface area contributed by atoms with E-state index in [1.807, 2.05) is 9.80 Å². The highest BCUT2D eigenvalue weighted by Crippen LogP contribution is 2.32. The first-order chi connectivity index (χ1) is 14.7. The molecule has 0 radical (unpaired) electrons. The number of piperazine rings is 1. The summed E-state index contributed by atoms with van der Waals surface area (Å²) in [5.41, 5.74) is 0.795. The predicted molar refractivity (Wildman–Crippen MR) is 117 cm³/mol. The van der Waals surface area contributed by atoms with Gasteiger partial charge in [0, 0.05) is 20.0 Å². The Balaban J connectivity index is 1.58. The SMILES string of the molecule is CC(F)(F)CN1CCN(C(=O)Cc2ccc(Cl)c(Cl)c2)[C@H]2[C@H](N3CCCC3)COC[C@@H]21. The quantitative estimate of drug-likeness (QED) is 0.652. The minimum Gasteiger partial charge on any atom is -0.378 e. The average Bonchev–Trinajstić information content (AvgIpc) is 3.24. The minimum absolute atomic E-state index is 0.0117. The number of nitrogens with zero attached hydrogens (tertiary/aromatic N) is 3. The Labute approximate surface area is 192 Å². The number of ether oxygens (including phenoxy) is 1. The number of hydrogen-bond acceptors (Lipinski definition) is 4. The first kappa shape index (κ1) is 23.2. The molecule has 172 valence electrons. The summed E-state index contributed by atoms with van der Waals surface area (Å²) in [6, 6.07) is 4.83. The summed E-state index contributed by atoms with van der Waals surface area (Å²) in [5.74, 6) is -2.81. The first-order valence-electron chi connectivity index (χ1n) is 10.9. The second-order valence-electron chi connectivity index (χ2n) is 8.96. The van der Waals surface area contributed by atoms with E-state index in [9.17, 15) is 13.6 Å². The van der Waals surface area contributed by atoms with Crippen LogP contribution in [0.5, 0.6) is 0 Å². The van der Waals surface area contributed by atoms with E-state index in [0.717, 1.165) is 38.4 Å². The molecular formula is C22H29Cl2F2N3O2. The van der Waals surface area contributed by atoms with Crippen molar-refractivity contribution in [1.82, 2.24) is 14.7 Å². The van der Waals surface area contributed by atoms with E-state index in [1.165, 1.54) is 0 Å². The number of carbonyl (C=O) groups excluding carboxylic acids is 1. The highest BCUT2D eigenvalue weighted by molar-refractivity contribution is 6.42. The molecule has 0 unspecified atom stereocenters. The number of alkyl halides is 2. The lowest BCUT2D eigenvalue weighted by Gasteiger charge is -2.54. The molecule has 0 aliphatic carbocycles. The summed E-state index contributed by atoms with van der Waals surface area (Å²) < 4.78 is 33.6. The predicted octanol–water partition coefficient (Wildman–Crippen LogP) is 3.57. The topological polar surface area (TPSA) is 36.0 Å². The molecule has 1 amide bonds. The third-order valence-electron chi connectivity index (χ3n) is 6.57. The number of halogens is 4. The third-order valence-corrected chi connectivity index (χ3v) is 7.31. The maximum atomic E-state index is 13.9. The van der Waals surface area contributed by atoms with Crippen molar-refractivity contribution < 1.29 is 18.3 Å². The highest BCUT2D eigenvalue weighted by atomic mass is 35.5. The minimum atomic E-state index is -2.79. The van der Waals surface area contributed by atoms with Gasteiger partial charge in [-0.15, -0.1) is 0 Å². The molecule has 3 fully saturated rings. The monoisotopic (exact) mass is 475 g/mol. The lowest BCUT2D eigenvalue weighted by molar-refractivity contribution is -0.157. The molecule has 3 aliphatic heterocycles. The second-order valence-corrected chi connectivity index (χ2v) is 9.77. The van der Waals surface area contributed by atoms with Crippen molar-refractivity contribution >= 4 is 29.1 Å². The summed E-state index contributed by atoms with van der Waals surface area (Å²) >= 11 is 12.1. The second kappa shape index (κ2) is 9.48. The van der Waals surface area contributed by atoms with Crippen LogP contribution in [0.1, 0.15) is 25.3 Å². The largest absolute Gasteiger partial charge is 0.378 e. The van der Waals surface area contributed by atoms with E-state index in [0.29, 0.717) is 36.3 Å². The molecule has 0 bridgehead atoms. The summed E-state index contributed by atoms with van der Waals surface area (Å²) in [6.07, 6.45) is 2.43. The van der Waals surface area contributed by atoms with E-state index in [1.54, 1.807) is 18.2 Å². The summed E-state index contributed by atoms with van der Waals surface area (Å²) in [6.45, 7) is 4.27. The van der Waals surface area contributed by atoms with Crippen LogP contribution in [0.3, 0.4) is 0 Å². The standard InChI is InChI=1S/C22H29Cl2F2N3O2/c1-22(25,26)14-28-8-9-29(20(30)11-15-4-5-16(23)17(24)10-15)21-18(12-31-13-19(21)28)27-6-2-3-7-27/h4-5,10,18-19,21H,2-3,6-9,11-14H2,1H3/t18-,19+,21+/m1/s1. The summed E-state index contributed by atoms with van der Waals surface area (Å²) in [7, 11) is 0. The Morgan fingerprint density at radius 1 is 1.10 bits per heavy atom. The molecule has 1 aromatic carbocycles. The third kappa shape index (κ3) is 5.33. The van der Waals surface area contributed by atoms with E-state index in [-0.39, 0.29) is 37.0 Å². The van der Waals surface area contributed by atoms with Crippen LogP contribution >= 0.6 is 23.2 Å². The van der Waals surface area contributed by atoms with Crippen molar-refractivity contribution in [2.45, 2.75) is 50.2 Å². The molecule has 3 saturated heterocycles. The van der Waals surface area contributed by atoms with Crippen LogP contribution in [-0.4, -0.2) is 90.6 Å². The van der Waals surface area contributed by atoms with Crippen molar-refractivity contribution in [3.8, 4) is 0 Å². The molecule has 3 heterocycles. The number of benzene rings is 1. The van der Waals surface area contributed by atoms with Crippen molar-refractivity contribution in [1.29, 1.82) is 0 Å². The van der Waals surface area contributed by atoms with Gasteiger partial charge in [-0.3, -0.25) is 14.6 Å². The molecule has 1 aromatic rings. The van der Waals surface area contributed by atoms with Gasteiger partial charge in [-0.05, 0) is 43.6 Å². The van der Waals surface area contributed by atoms with Gasteiger partial charge in [-0.2, -0.15) is 0 Å². The average molecular weight is 476 g/mol. The summed E-state index contributed by atoms with van der Waals surface area (Å²) in [4.78, 5) is 19.5. The van der Waals surface area contributed by atoms with Crippen molar-refractivity contribution in [2.24, 2.45) is 0 Å². The number of hydrogen-bond donors (Lipinski definition) is 0. The van der Waals surface area contributed by atoms with Gasteiger partial charge < -0.3 is 9.64 Å². The van der Waals surface area contributed by atoms with Crippen molar-refractivity contribution in [2.75, 3.05) is 45.9 Å². The first-order valence-corrected chi connectivity index (χ1v) is 11.7. The normalized spacial score (nSPS) is 28.0. The molecule has 0 saturated carbocycles. The number of rotatable bonds is 5. The Bertz CT molecular complexity index is 801. The van der Waals surface area contributed by atoms with E-state index >= 15 is 0 Å². The van der Waals surface area contributed by atoms with Crippen LogP contribution in [-0.2, 0) is 16.0 Å².